The standard InChI is InChI=1S/C17H27N3OS/c1-13-12-22-16(18-13)11-19-9-14-5-4-8-21-17(14)15(10-19)20-6-2-3-7-20/h12,14-15,17H,2-11H2,1H3/t14-,15-,17-/m1/s1. The van der Waals surface area contributed by atoms with Crippen LogP contribution in [-0.2, 0) is 11.3 Å². The van der Waals surface area contributed by atoms with Gasteiger partial charge in [0.2, 0.25) is 0 Å². The number of aromatic nitrogens is 1. The second kappa shape index (κ2) is 6.56. The normalized spacial score (nSPS) is 34.0. The van der Waals surface area contributed by atoms with E-state index in [4.69, 9.17) is 4.74 Å². The van der Waals surface area contributed by atoms with Gasteiger partial charge < -0.3 is 4.74 Å². The molecule has 3 aliphatic heterocycles. The van der Waals surface area contributed by atoms with E-state index in [1.54, 1.807) is 0 Å². The summed E-state index contributed by atoms with van der Waals surface area (Å²) in [5.41, 5.74) is 1.16. The van der Waals surface area contributed by atoms with E-state index in [0.717, 1.165) is 25.4 Å². The van der Waals surface area contributed by atoms with Gasteiger partial charge in [-0.05, 0) is 51.6 Å². The Hall–Kier alpha value is -0.490. The maximum atomic E-state index is 6.23. The zero-order valence-corrected chi connectivity index (χ0v) is 14.4. The van der Waals surface area contributed by atoms with Crippen LogP contribution in [0.15, 0.2) is 5.38 Å². The summed E-state index contributed by atoms with van der Waals surface area (Å²) in [4.78, 5) is 10.00. The number of piperidine rings is 1. The Morgan fingerprint density at radius 3 is 2.91 bits per heavy atom. The molecule has 22 heavy (non-hydrogen) atoms. The molecule has 3 aliphatic rings. The van der Waals surface area contributed by atoms with Gasteiger partial charge >= 0.3 is 0 Å². The molecule has 0 unspecified atom stereocenters. The van der Waals surface area contributed by atoms with Gasteiger partial charge in [0, 0.05) is 36.8 Å². The van der Waals surface area contributed by atoms with Crippen LogP contribution in [0, 0.1) is 12.8 Å². The van der Waals surface area contributed by atoms with E-state index in [2.05, 4.69) is 27.1 Å². The van der Waals surface area contributed by atoms with E-state index in [9.17, 15) is 0 Å². The van der Waals surface area contributed by atoms with Crippen molar-refractivity contribution < 1.29 is 4.74 Å². The highest BCUT2D eigenvalue weighted by atomic mass is 32.1. The van der Waals surface area contributed by atoms with Gasteiger partial charge in [0.1, 0.15) is 5.01 Å². The van der Waals surface area contributed by atoms with Gasteiger partial charge in [-0.3, -0.25) is 9.80 Å². The lowest BCUT2D eigenvalue weighted by Crippen LogP contribution is -2.60. The average molecular weight is 321 g/mol. The summed E-state index contributed by atoms with van der Waals surface area (Å²) in [5, 5.41) is 3.44. The Morgan fingerprint density at radius 1 is 1.27 bits per heavy atom. The summed E-state index contributed by atoms with van der Waals surface area (Å²) in [6, 6.07) is 0.600. The lowest BCUT2D eigenvalue weighted by Gasteiger charge is -2.48. The van der Waals surface area contributed by atoms with E-state index in [0.29, 0.717) is 18.1 Å². The number of nitrogens with zero attached hydrogens (tertiary/aromatic N) is 3. The molecule has 4 nitrogen and oxygen atoms in total. The van der Waals surface area contributed by atoms with Crippen molar-refractivity contribution in [3.63, 3.8) is 0 Å². The zero-order chi connectivity index (χ0) is 14.9. The summed E-state index contributed by atoms with van der Waals surface area (Å²) in [5.74, 6) is 0.717. The molecule has 0 amide bonds. The third-order valence-corrected chi connectivity index (χ3v) is 6.40. The first-order chi connectivity index (χ1) is 10.8. The lowest BCUT2D eigenvalue weighted by molar-refractivity contribution is -0.112. The Morgan fingerprint density at radius 2 is 2.14 bits per heavy atom. The molecule has 0 aliphatic carbocycles. The van der Waals surface area contributed by atoms with Crippen LogP contribution in [0.25, 0.3) is 0 Å². The molecule has 3 atom stereocenters. The fraction of sp³-hybridized carbons (Fsp3) is 0.824. The molecular weight excluding hydrogens is 294 g/mol. The molecule has 5 heteroatoms. The number of rotatable bonds is 3. The fourth-order valence-corrected chi connectivity index (χ4v) is 5.27. The highest BCUT2D eigenvalue weighted by Crippen LogP contribution is 2.33. The minimum atomic E-state index is 0.473. The van der Waals surface area contributed by atoms with Crippen LogP contribution in [0.4, 0.5) is 0 Å². The zero-order valence-electron chi connectivity index (χ0n) is 13.5. The van der Waals surface area contributed by atoms with Crippen molar-refractivity contribution >= 4 is 11.3 Å². The maximum Gasteiger partial charge on any atom is 0.107 e. The molecule has 0 saturated carbocycles. The third kappa shape index (κ3) is 3.09. The monoisotopic (exact) mass is 321 g/mol. The Balaban J connectivity index is 1.48. The van der Waals surface area contributed by atoms with Gasteiger partial charge in [0.15, 0.2) is 0 Å². The van der Waals surface area contributed by atoms with Crippen molar-refractivity contribution in [3.05, 3.63) is 16.1 Å². The van der Waals surface area contributed by atoms with Crippen LogP contribution in [0.5, 0.6) is 0 Å². The predicted molar refractivity (Wildman–Crippen MR) is 89.2 cm³/mol. The molecule has 4 heterocycles. The SMILES string of the molecule is Cc1csc(CN2C[C@H]3CCCO[C@H]3[C@H](N3CCCC3)C2)n1. The third-order valence-electron chi connectivity index (χ3n) is 5.45. The Labute approximate surface area is 137 Å². The number of hydrogen-bond donors (Lipinski definition) is 0. The van der Waals surface area contributed by atoms with Crippen molar-refractivity contribution in [2.45, 2.75) is 51.3 Å². The first-order valence-corrected chi connectivity index (χ1v) is 9.66. The molecular formula is C17H27N3OS. The first-order valence-electron chi connectivity index (χ1n) is 8.78. The van der Waals surface area contributed by atoms with Crippen LogP contribution in [0.2, 0.25) is 0 Å². The van der Waals surface area contributed by atoms with Gasteiger partial charge in [-0.25, -0.2) is 4.98 Å². The molecule has 1 aromatic rings. The van der Waals surface area contributed by atoms with Crippen LogP contribution in [0.3, 0.4) is 0 Å². The fourth-order valence-electron chi connectivity index (χ4n) is 4.45. The minimum absolute atomic E-state index is 0.473. The van der Waals surface area contributed by atoms with E-state index in [-0.39, 0.29) is 0 Å². The van der Waals surface area contributed by atoms with Crippen LogP contribution >= 0.6 is 11.3 Å². The summed E-state index contributed by atoms with van der Waals surface area (Å²) in [6.45, 7) is 8.95. The van der Waals surface area contributed by atoms with E-state index >= 15 is 0 Å². The first kappa shape index (κ1) is 15.1. The van der Waals surface area contributed by atoms with Gasteiger partial charge in [-0.1, -0.05) is 0 Å². The van der Waals surface area contributed by atoms with Crippen molar-refractivity contribution in [2.75, 3.05) is 32.8 Å². The lowest BCUT2D eigenvalue weighted by atomic mass is 9.85. The van der Waals surface area contributed by atoms with E-state index < -0.39 is 0 Å². The van der Waals surface area contributed by atoms with Gasteiger partial charge in [-0.2, -0.15) is 0 Å². The number of thiazole rings is 1. The summed E-state index contributed by atoms with van der Waals surface area (Å²) < 4.78 is 6.23. The molecule has 3 saturated heterocycles. The van der Waals surface area contributed by atoms with Crippen LogP contribution < -0.4 is 0 Å². The number of fused-ring (bicyclic) bond motifs is 1. The highest BCUT2D eigenvalue weighted by molar-refractivity contribution is 7.09. The largest absolute Gasteiger partial charge is 0.376 e. The number of likely N-dealkylation sites (tertiary alicyclic amines) is 2. The number of ether oxygens (including phenoxy) is 1. The second-order valence-corrected chi connectivity index (χ2v) is 8.07. The summed E-state index contributed by atoms with van der Waals surface area (Å²) >= 11 is 1.81. The van der Waals surface area contributed by atoms with Crippen molar-refractivity contribution in [1.82, 2.24) is 14.8 Å². The topological polar surface area (TPSA) is 28.6 Å². The molecule has 0 bridgehead atoms. The predicted octanol–water partition coefficient (Wildman–Crippen LogP) is 2.53. The highest BCUT2D eigenvalue weighted by Gasteiger charge is 2.42. The Bertz CT molecular complexity index is 500. The van der Waals surface area contributed by atoms with Crippen LogP contribution in [-0.4, -0.2) is 59.7 Å². The van der Waals surface area contributed by atoms with Crippen molar-refractivity contribution in [1.29, 1.82) is 0 Å². The van der Waals surface area contributed by atoms with Gasteiger partial charge in [0.25, 0.3) is 0 Å². The van der Waals surface area contributed by atoms with Crippen molar-refractivity contribution in [2.24, 2.45) is 5.92 Å². The number of hydrogen-bond acceptors (Lipinski definition) is 5. The minimum Gasteiger partial charge on any atom is -0.376 e. The Kier molecular flexibility index (Phi) is 4.49. The van der Waals surface area contributed by atoms with Gasteiger partial charge in [0.05, 0.1) is 12.6 Å². The number of aryl methyl sites for hydroxylation is 1. The molecule has 122 valence electrons. The smallest absolute Gasteiger partial charge is 0.107 e. The molecule has 0 N–H and O–H groups in total. The molecule has 1 aromatic heterocycles. The maximum absolute atomic E-state index is 6.23. The van der Waals surface area contributed by atoms with Crippen LogP contribution in [0.1, 0.15) is 36.4 Å². The van der Waals surface area contributed by atoms with Gasteiger partial charge in [-0.15, -0.1) is 11.3 Å². The quantitative estimate of drug-likeness (QED) is 0.855. The van der Waals surface area contributed by atoms with E-state index in [1.165, 1.54) is 50.3 Å². The summed E-state index contributed by atoms with van der Waals surface area (Å²) in [6.07, 6.45) is 5.76. The van der Waals surface area contributed by atoms with E-state index in [1.807, 2.05) is 11.3 Å². The average Bonchev–Trinajstić information content (AvgIpc) is 3.18. The summed E-state index contributed by atoms with van der Waals surface area (Å²) in [7, 11) is 0. The van der Waals surface area contributed by atoms with Crippen molar-refractivity contribution in [3.8, 4) is 0 Å². The molecule has 3 fully saturated rings. The molecule has 0 spiro atoms. The molecule has 0 radical (unpaired) electrons. The second-order valence-electron chi connectivity index (χ2n) is 7.12. The molecule has 0 aromatic carbocycles. The molecule has 4 rings (SSSR count).